The van der Waals surface area contributed by atoms with E-state index in [-0.39, 0.29) is 11.8 Å². The van der Waals surface area contributed by atoms with Crippen LogP contribution in [0.3, 0.4) is 0 Å². The number of anilines is 1. The second-order valence-corrected chi connectivity index (χ2v) is 12.2. The van der Waals surface area contributed by atoms with Gasteiger partial charge in [-0.25, -0.2) is 9.97 Å². The number of carbonyl (C=O) groups excluding carboxylic acids is 1. The highest BCUT2D eigenvalue weighted by Gasteiger charge is 2.18. The maximum atomic E-state index is 12.7. The van der Waals surface area contributed by atoms with Gasteiger partial charge in [-0.3, -0.25) is 4.79 Å². The van der Waals surface area contributed by atoms with Crippen LogP contribution >= 0.6 is 46.9 Å². The Balaban J connectivity index is 1.63. The third-order valence-corrected chi connectivity index (χ3v) is 8.27. The summed E-state index contributed by atoms with van der Waals surface area (Å²) < 4.78 is 6.07. The topological polar surface area (TPSA) is 68.0 Å². The number of thioether (sulfide) groups is 3. The molecule has 0 saturated heterocycles. The number of rotatable bonds is 11. The molecule has 0 bridgehead atoms. The molecule has 34 heavy (non-hydrogen) atoms. The summed E-state index contributed by atoms with van der Waals surface area (Å²) in [7, 11) is 0. The van der Waals surface area contributed by atoms with Gasteiger partial charge in [0.2, 0.25) is 5.91 Å². The van der Waals surface area contributed by atoms with Crippen LogP contribution < -0.4 is 5.32 Å². The lowest BCUT2D eigenvalue weighted by atomic mass is 10.0. The van der Waals surface area contributed by atoms with Crippen molar-refractivity contribution in [3.8, 4) is 0 Å². The van der Waals surface area contributed by atoms with E-state index in [1.807, 2.05) is 26.0 Å². The zero-order chi connectivity index (χ0) is 24.8. The Bertz CT molecular complexity index is 1140. The van der Waals surface area contributed by atoms with Gasteiger partial charge in [-0.1, -0.05) is 51.1 Å². The number of oxazole rings is 1. The molecule has 5 nitrogen and oxygen atoms in total. The highest BCUT2D eigenvalue weighted by Crippen LogP contribution is 2.37. The summed E-state index contributed by atoms with van der Waals surface area (Å²) in [4.78, 5) is 23.1. The van der Waals surface area contributed by atoms with E-state index in [1.165, 1.54) is 11.8 Å². The van der Waals surface area contributed by atoms with Crippen molar-refractivity contribution in [1.29, 1.82) is 0 Å². The number of fused-ring (bicyclic) bond motifs is 1. The minimum absolute atomic E-state index is 0.00412. The van der Waals surface area contributed by atoms with E-state index >= 15 is 0 Å². The molecule has 0 aliphatic heterocycles. The second kappa shape index (κ2) is 12.6. The molecule has 1 aromatic carbocycles. The number of nitrogens with one attached hydrogen (secondary N) is 1. The van der Waals surface area contributed by atoms with Gasteiger partial charge in [-0.2, -0.15) is 0 Å². The van der Waals surface area contributed by atoms with Crippen molar-refractivity contribution in [2.75, 3.05) is 22.6 Å². The number of halogens is 1. The number of aryl methyl sites for hydroxylation is 2. The maximum absolute atomic E-state index is 12.7. The van der Waals surface area contributed by atoms with Gasteiger partial charge in [0.05, 0.1) is 5.69 Å². The van der Waals surface area contributed by atoms with Crippen molar-refractivity contribution in [2.45, 2.75) is 75.4 Å². The first-order valence-electron chi connectivity index (χ1n) is 11.5. The zero-order valence-corrected chi connectivity index (χ0v) is 23.8. The van der Waals surface area contributed by atoms with Crippen LogP contribution in [0.2, 0.25) is 5.02 Å². The predicted molar refractivity (Wildman–Crippen MR) is 148 cm³/mol. The molecule has 0 aliphatic carbocycles. The van der Waals surface area contributed by atoms with Gasteiger partial charge in [-0.05, 0) is 55.4 Å². The lowest BCUT2D eigenvalue weighted by Gasteiger charge is -2.15. The summed E-state index contributed by atoms with van der Waals surface area (Å²) >= 11 is 11.3. The second-order valence-electron chi connectivity index (χ2n) is 8.19. The van der Waals surface area contributed by atoms with E-state index in [9.17, 15) is 4.79 Å². The molecule has 184 valence electrons. The molecule has 0 atom stereocenters. The molecule has 0 aliphatic rings. The molecule has 0 unspecified atom stereocenters. The average molecular weight is 538 g/mol. The summed E-state index contributed by atoms with van der Waals surface area (Å²) in [5.74, 6) is 2.87. The molecule has 1 amide bonds. The van der Waals surface area contributed by atoms with Crippen LogP contribution in [-0.2, 0) is 4.79 Å². The highest BCUT2D eigenvalue weighted by molar-refractivity contribution is 8.00. The maximum Gasteiger partial charge on any atom is 0.256 e. The molecule has 9 heteroatoms. The van der Waals surface area contributed by atoms with Gasteiger partial charge >= 0.3 is 0 Å². The predicted octanol–water partition coefficient (Wildman–Crippen LogP) is 8.35. The fraction of sp³-hybridized carbons (Fsp3) is 0.480. The Morgan fingerprint density at radius 1 is 1.12 bits per heavy atom. The van der Waals surface area contributed by atoms with E-state index in [0.717, 1.165) is 67.2 Å². The quantitative estimate of drug-likeness (QED) is 0.194. The molecule has 3 aromatic rings. The molecular weight excluding hydrogens is 506 g/mol. The first kappa shape index (κ1) is 27.2. The number of aromatic nitrogens is 2. The molecular formula is C25H32ClN3O2S3. The Labute approximate surface area is 220 Å². The lowest BCUT2D eigenvalue weighted by molar-refractivity contribution is -0.116. The monoisotopic (exact) mass is 537 g/mol. The minimum Gasteiger partial charge on any atom is -0.431 e. The molecule has 3 rings (SSSR count). The number of pyridine rings is 1. The van der Waals surface area contributed by atoms with Crippen LogP contribution in [0, 0.1) is 13.8 Å². The summed E-state index contributed by atoms with van der Waals surface area (Å²) in [5.41, 5.74) is 5.45. The highest BCUT2D eigenvalue weighted by atomic mass is 35.5. The molecule has 0 radical (unpaired) electrons. The van der Waals surface area contributed by atoms with E-state index in [1.54, 1.807) is 23.5 Å². The Morgan fingerprint density at radius 3 is 2.53 bits per heavy atom. The SMILES string of the molecule is CCSc1cc(C)nc(SCC)c1NC(=O)CCCSc1nc2c(C)c(Cl)cc(C(C)C)c2o1. The largest absolute Gasteiger partial charge is 0.431 e. The number of carbonyl (C=O) groups is 1. The molecule has 0 spiro atoms. The van der Waals surface area contributed by atoms with Crippen molar-refractivity contribution in [3.05, 3.63) is 34.0 Å². The molecule has 0 saturated carbocycles. The third kappa shape index (κ3) is 6.65. The van der Waals surface area contributed by atoms with Crippen molar-refractivity contribution < 1.29 is 9.21 Å². The zero-order valence-electron chi connectivity index (χ0n) is 20.6. The lowest BCUT2D eigenvalue weighted by Crippen LogP contribution is -2.14. The van der Waals surface area contributed by atoms with E-state index in [2.05, 4.69) is 43.0 Å². The number of hydrogen-bond donors (Lipinski definition) is 1. The van der Waals surface area contributed by atoms with Crippen LogP contribution in [0.5, 0.6) is 0 Å². The summed E-state index contributed by atoms with van der Waals surface area (Å²) in [6.45, 7) is 12.4. The Hall–Kier alpha value is -1.35. The first-order chi connectivity index (χ1) is 16.2. The first-order valence-corrected chi connectivity index (χ1v) is 14.9. The van der Waals surface area contributed by atoms with E-state index < -0.39 is 0 Å². The molecule has 1 N–H and O–H groups in total. The van der Waals surface area contributed by atoms with Crippen molar-refractivity contribution in [3.63, 3.8) is 0 Å². The van der Waals surface area contributed by atoms with Crippen LogP contribution in [0.1, 0.15) is 63.3 Å². The van der Waals surface area contributed by atoms with Crippen LogP contribution in [0.25, 0.3) is 11.1 Å². The minimum atomic E-state index is 0.00412. The number of benzene rings is 1. The molecule has 2 heterocycles. The smallest absolute Gasteiger partial charge is 0.256 e. The van der Waals surface area contributed by atoms with Crippen LogP contribution in [0.4, 0.5) is 5.69 Å². The van der Waals surface area contributed by atoms with E-state index in [0.29, 0.717) is 16.7 Å². The van der Waals surface area contributed by atoms with Gasteiger partial charge in [0, 0.05) is 33.3 Å². The standard InChI is InChI=1S/C25H32ClN3O2S3/c1-7-32-19-12-15(5)27-24(33-8-2)22(19)28-20(30)10-9-11-34-25-29-21-16(6)18(26)13-17(14(3)4)23(21)31-25/h12-14H,7-11H2,1-6H3,(H,28,30). The number of amides is 1. The Morgan fingerprint density at radius 2 is 1.85 bits per heavy atom. The van der Waals surface area contributed by atoms with Gasteiger partial charge < -0.3 is 9.73 Å². The normalized spacial score (nSPS) is 11.5. The summed E-state index contributed by atoms with van der Waals surface area (Å²) in [6.07, 6.45) is 1.15. The van der Waals surface area contributed by atoms with Gasteiger partial charge in [0.25, 0.3) is 5.22 Å². The fourth-order valence-electron chi connectivity index (χ4n) is 3.50. The van der Waals surface area contributed by atoms with Gasteiger partial charge in [-0.15, -0.1) is 23.5 Å². The Kier molecular flexibility index (Phi) is 10.1. The average Bonchev–Trinajstić information content (AvgIpc) is 3.20. The summed E-state index contributed by atoms with van der Waals surface area (Å²) in [6, 6.07) is 4.02. The van der Waals surface area contributed by atoms with Gasteiger partial charge in [0.15, 0.2) is 5.58 Å². The number of nitrogens with zero attached hydrogens (tertiary/aromatic N) is 2. The third-order valence-electron chi connectivity index (χ3n) is 5.18. The van der Waals surface area contributed by atoms with Crippen LogP contribution in [0.15, 0.2) is 31.7 Å². The van der Waals surface area contributed by atoms with E-state index in [4.69, 9.17) is 16.0 Å². The van der Waals surface area contributed by atoms with Crippen molar-refractivity contribution in [1.82, 2.24) is 9.97 Å². The van der Waals surface area contributed by atoms with Crippen molar-refractivity contribution >= 4 is 69.6 Å². The summed E-state index contributed by atoms with van der Waals surface area (Å²) in [5, 5.41) is 5.35. The van der Waals surface area contributed by atoms with Crippen molar-refractivity contribution in [2.24, 2.45) is 0 Å². The molecule has 2 aromatic heterocycles. The van der Waals surface area contributed by atoms with Crippen LogP contribution in [-0.4, -0.2) is 33.1 Å². The molecule has 0 fully saturated rings. The fourth-order valence-corrected chi connectivity index (χ4v) is 6.18. The van der Waals surface area contributed by atoms with Gasteiger partial charge in [0.1, 0.15) is 10.5 Å². The number of hydrogen-bond acceptors (Lipinski definition) is 7.